The van der Waals surface area contributed by atoms with Gasteiger partial charge in [-0.25, -0.2) is 0 Å². The molecule has 0 saturated carbocycles. The molecule has 0 unspecified atom stereocenters. The number of hydrogen-bond donors (Lipinski definition) is 2. The maximum absolute atomic E-state index is 11.9. The first-order valence-electron chi connectivity index (χ1n) is 6.36. The molecule has 5 nitrogen and oxygen atoms in total. The third-order valence-electron chi connectivity index (χ3n) is 3.06. The van der Waals surface area contributed by atoms with Gasteiger partial charge in [-0.05, 0) is 23.8 Å². The normalized spacial score (nSPS) is 12.0. The summed E-state index contributed by atoms with van der Waals surface area (Å²) in [4.78, 5) is 23.4. The van der Waals surface area contributed by atoms with Crippen LogP contribution in [-0.2, 0) is 7.05 Å². The Labute approximate surface area is 126 Å². The largest absolute Gasteiger partial charge is 0.387 e. The van der Waals surface area contributed by atoms with Crippen molar-refractivity contribution < 1.29 is 9.90 Å². The third-order valence-corrected chi connectivity index (χ3v) is 3.29. The van der Waals surface area contributed by atoms with Gasteiger partial charge in [-0.3, -0.25) is 9.59 Å². The molecule has 1 aromatic carbocycles. The molecule has 0 bridgehead atoms. The molecular formula is C15H15ClN2O3. The number of carbonyl (C=O) groups excluding carboxylic acids is 1. The maximum atomic E-state index is 11.9. The summed E-state index contributed by atoms with van der Waals surface area (Å²) in [6.07, 6.45) is 0.657. The van der Waals surface area contributed by atoms with Crippen LogP contribution in [0, 0.1) is 0 Å². The molecule has 0 fully saturated rings. The lowest BCUT2D eigenvalue weighted by Gasteiger charge is -2.12. The molecule has 0 spiro atoms. The van der Waals surface area contributed by atoms with E-state index < -0.39 is 12.0 Å². The number of aliphatic hydroxyl groups is 1. The highest BCUT2D eigenvalue weighted by Gasteiger charge is 2.11. The second kappa shape index (κ2) is 6.56. The zero-order valence-corrected chi connectivity index (χ0v) is 12.2. The number of aromatic nitrogens is 1. The minimum Gasteiger partial charge on any atom is -0.387 e. The van der Waals surface area contributed by atoms with Crippen LogP contribution in [-0.4, -0.2) is 22.1 Å². The molecule has 1 amide bonds. The SMILES string of the molecule is Cn1ccc(C(=O)NC[C@@H](O)c2cccc(Cl)c2)cc1=O. The van der Waals surface area contributed by atoms with E-state index in [1.165, 1.54) is 16.8 Å². The number of aliphatic hydroxyl groups excluding tert-OH is 1. The summed E-state index contributed by atoms with van der Waals surface area (Å²) in [5.74, 6) is -0.409. The first-order valence-corrected chi connectivity index (χ1v) is 6.73. The van der Waals surface area contributed by atoms with E-state index in [0.717, 1.165) is 0 Å². The topological polar surface area (TPSA) is 71.3 Å². The zero-order valence-electron chi connectivity index (χ0n) is 11.4. The Morgan fingerprint density at radius 3 is 2.81 bits per heavy atom. The van der Waals surface area contributed by atoms with Gasteiger partial charge in [0.15, 0.2) is 0 Å². The molecule has 1 aromatic heterocycles. The van der Waals surface area contributed by atoms with Gasteiger partial charge in [-0.1, -0.05) is 23.7 Å². The van der Waals surface area contributed by atoms with E-state index in [1.807, 2.05) is 0 Å². The number of nitrogens with one attached hydrogen (secondary N) is 1. The monoisotopic (exact) mass is 306 g/mol. The number of carbonyl (C=O) groups is 1. The molecule has 0 aliphatic heterocycles. The summed E-state index contributed by atoms with van der Waals surface area (Å²) < 4.78 is 1.37. The fourth-order valence-corrected chi connectivity index (χ4v) is 2.01. The molecular weight excluding hydrogens is 292 g/mol. The summed E-state index contributed by atoms with van der Waals surface area (Å²) in [7, 11) is 1.60. The second-order valence-electron chi connectivity index (χ2n) is 4.65. The van der Waals surface area contributed by atoms with E-state index in [0.29, 0.717) is 10.6 Å². The van der Waals surface area contributed by atoms with Gasteiger partial charge in [0.2, 0.25) is 0 Å². The van der Waals surface area contributed by atoms with Gasteiger partial charge in [-0.2, -0.15) is 0 Å². The van der Waals surface area contributed by atoms with Crippen molar-refractivity contribution in [1.82, 2.24) is 9.88 Å². The molecule has 2 rings (SSSR count). The van der Waals surface area contributed by atoms with Crippen LogP contribution in [0.5, 0.6) is 0 Å². The third kappa shape index (κ3) is 3.93. The molecule has 0 radical (unpaired) electrons. The number of halogens is 1. The van der Waals surface area contributed by atoms with Crippen molar-refractivity contribution in [3.63, 3.8) is 0 Å². The fourth-order valence-electron chi connectivity index (χ4n) is 1.81. The number of aryl methyl sites for hydroxylation is 1. The molecule has 6 heteroatoms. The number of pyridine rings is 1. The van der Waals surface area contributed by atoms with Gasteiger partial charge >= 0.3 is 0 Å². The van der Waals surface area contributed by atoms with Crippen LogP contribution in [0.1, 0.15) is 22.0 Å². The van der Waals surface area contributed by atoms with E-state index in [2.05, 4.69) is 5.32 Å². The van der Waals surface area contributed by atoms with Crippen LogP contribution in [0.25, 0.3) is 0 Å². The lowest BCUT2D eigenvalue weighted by Crippen LogP contribution is -2.29. The fraction of sp³-hybridized carbons (Fsp3) is 0.200. The van der Waals surface area contributed by atoms with Crippen molar-refractivity contribution in [2.75, 3.05) is 6.54 Å². The molecule has 2 N–H and O–H groups in total. The minimum atomic E-state index is -0.862. The second-order valence-corrected chi connectivity index (χ2v) is 5.08. The Hall–Kier alpha value is -2.11. The van der Waals surface area contributed by atoms with Crippen molar-refractivity contribution in [3.8, 4) is 0 Å². The number of rotatable bonds is 4. The van der Waals surface area contributed by atoms with E-state index in [1.54, 1.807) is 37.4 Å². The van der Waals surface area contributed by atoms with Gasteiger partial charge in [-0.15, -0.1) is 0 Å². The van der Waals surface area contributed by atoms with Crippen molar-refractivity contribution >= 4 is 17.5 Å². The van der Waals surface area contributed by atoms with Crippen LogP contribution in [0.4, 0.5) is 0 Å². The summed E-state index contributed by atoms with van der Waals surface area (Å²) >= 11 is 5.84. The van der Waals surface area contributed by atoms with Crippen molar-refractivity contribution in [2.24, 2.45) is 7.05 Å². The van der Waals surface area contributed by atoms with E-state index in [9.17, 15) is 14.7 Å². The number of benzene rings is 1. The highest BCUT2D eigenvalue weighted by atomic mass is 35.5. The van der Waals surface area contributed by atoms with E-state index in [4.69, 9.17) is 11.6 Å². The first kappa shape index (κ1) is 15.3. The lowest BCUT2D eigenvalue weighted by molar-refractivity contribution is 0.0916. The maximum Gasteiger partial charge on any atom is 0.251 e. The van der Waals surface area contributed by atoms with Gasteiger partial charge in [0, 0.05) is 36.4 Å². The predicted molar refractivity (Wildman–Crippen MR) is 80.4 cm³/mol. The molecule has 1 heterocycles. The summed E-state index contributed by atoms with van der Waals surface area (Å²) in [6, 6.07) is 9.58. The van der Waals surface area contributed by atoms with Crippen LogP contribution >= 0.6 is 11.6 Å². The lowest BCUT2D eigenvalue weighted by atomic mass is 10.1. The summed E-state index contributed by atoms with van der Waals surface area (Å²) in [6.45, 7) is 0.0361. The zero-order chi connectivity index (χ0) is 15.4. The van der Waals surface area contributed by atoms with E-state index in [-0.39, 0.29) is 17.7 Å². The standard InChI is InChI=1S/C15H15ClN2O3/c1-18-6-5-11(8-14(18)20)15(21)17-9-13(19)10-3-2-4-12(16)7-10/h2-8,13,19H,9H2,1H3,(H,17,21)/t13-/m1/s1. The molecule has 2 aromatic rings. The smallest absolute Gasteiger partial charge is 0.251 e. The Kier molecular flexibility index (Phi) is 4.77. The van der Waals surface area contributed by atoms with Gasteiger partial charge in [0.1, 0.15) is 0 Å². The molecule has 0 aliphatic rings. The molecule has 1 atom stereocenters. The van der Waals surface area contributed by atoms with Crippen LogP contribution in [0.15, 0.2) is 47.4 Å². The number of nitrogens with zero attached hydrogens (tertiary/aromatic N) is 1. The highest BCUT2D eigenvalue weighted by Crippen LogP contribution is 2.17. The quantitative estimate of drug-likeness (QED) is 0.899. The highest BCUT2D eigenvalue weighted by molar-refractivity contribution is 6.30. The molecule has 0 saturated heterocycles. The average molecular weight is 307 g/mol. The van der Waals surface area contributed by atoms with Crippen molar-refractivity contribution in [2.45, 2.75) is 6.10 Å². The Morgan fingerprint density at radius 1 is 1.38 bits per heavy atom. The van der Waals surface area contributed by atoms with Gasteiger partial charge in [0.05, 0.1) is 6.10 Å². The van der Waals surface area contributed by atoms with Gasteiger partial charge < -0.3 is 15.0 Å². The Bertz CT molecular complexity index is 712. The van der Waals surface area contributed by atoms with E-state index >= 15 is 0 Å². The summed E-state index contributed by atoms with van der Waals surface area (Å²) in [5, 5.41) is 13.1. The number of amides is 1. The summed E-state index contributed by atoms with van der Waals surface area (Å²) in [5.41, 5.74) is 0.612. The van der Waals surface area contributed by atoms with Crippen molar-refractivity contribution in [1.29, 1.82) is 0 Å². The Morgan fingerprint density at radius 2 is 2.14 bits per heavy atom. The van der Waals surface area contributed by atoms with Crippen molar-refractivity contribution in [3.05, 3.63) is 69.1 Å². The van der Waals surface area contributed by atoms with Crippen LogP contribution in [0.3, 0.4) is 0 Å². The van der Waals surface area contributed by atoms with Crippen LogP contribution in [0.2, 0.25) is 5.02 Å². The predicted octanol–water partition coefficient (Wildman–Crippen LogP) is 1.50. The molecule has 110 valence electrons. The average Bonchev–Trinajstić information content (AvgIpc) is 2.47. The number of hydrogen-bond acceptors (Lipinski definition) is 3. The first-order chi connectivity index (χ1) is 9.97. The minimum absolute atomic E-state index is 0.0361. The van der Waals surface area contributed by atoms with Gasteiger partial charge in [0.25, 0.3) is 11.5 Å². The Balaban J connectivity index is 2.00. The molecule has 0 aliphatic carbocycles. The molecule has 21 heavy (non-hydrogen) atoms. The van der Waals surface area contributed by atoms with Crippen LogP contribution < -0.4 is 10.9 Å².